The number of rotatable bonds is 8. The molecule has 0 saturated heterocycles. The number of benzene rings is 3. The molecule has 0 radical (unpaired) electrons. The zero-order valence-electron chi connectivity index (χ0n) is 18.6. The quantitative estimate of drug-likeness (QED) is 0.491. The number of halogens is 1. The van der Waals surface area contributed by atoms with Gasteiger partial charge in [0.15, 0.2) is 11.6 Å². The lowest BCUT2D eigenvalue weighted by Gasteiger charge is -2.38. The van der Waals surface area contributed by atoms with Crippen molar-refractivity contribution in [3.8, 4) is 17.2 Å². The van der Waals surface area contributed by atoms with E-state index in [1.165, 1.54) is 18.3 Å². The van der Waals surface area contributed by atoms with Crippen LogP contribution >= 0.6 is 0 Å². The van der Waals surface area contributed by atoms with Gasteiger partial charge >= 0.3 is 0 Å². The van der Waals surface area contributed by atoms with Crippen LogP contribution in [0.1, 0.15) is 30.5 Å². The van der Waals surface area contributed by atoms with Gasteiger partial charge in [0.25, 0.3) is 0 Å². The van der Waals surface area contributed by atoms with Crippen molar-refractivity contribution in [2.45, 2.75) is 25.5 Å². The van der Waals surface area contributed by atoms with Crippen LogP contribution in [0.15, 0.2) is 71.7 Å². The maximum absolute atomic E-state index is 13.8. The summed E-state index contributed by atoms with van der Waals surface area (Å²) in [6.07, 6.45) is 1.39. The highest BCUT2D eigenvalue weighted by Crippen LogP contribution is 2.45. The molecule has 3 aromatic carbocycles. The highest BCUT2D eigenvalue weighted by molar-refractivity contribution is 5.83. The Morgan fingerprint density at radius 1 is 0.875 bits per heavy atom. The molecule has 0 aromatic heterocycles. The molecule has 2 N–H and O–H groups in total. The maximum atomic E-state index is 13.8. The van der Waals surface area contributed by atoms with Crippen LogP contribution < -0.4 is 9.47 Å². The van der Waals surface area contributed by atoms with E-state index in [4.69, 9.17) is 9.47 Å². The Morgan fingerprint density at radius 2 is 1.41 bits per heavy atom. The molecule has 0 aliphatic rings. The number of hydrogen-bond acceptors (Lipinski definition) is 5. The molecular formula is C26H28FNO4. The topological polar surface area (TPSA) is 71.3 Å². The Balaban J connectivity index is 2.26. The number of nitrogens with zero attached hydrogens (tertiary/aromatic N) is 1. The first-order valence-corrected chi connectivity index (χ1v) is 10.3. The highest BCUT2D eigenvalue weighted by Gasteiger charge is 2.45. The van der Waals surface area contributed by atoms with Crippen molar-refractivity contribution >= 4 is 6.21 Å². The second-order valence-electron chi connectivity index (χ2n) is 7.81. The normalized spacial score (nSPS) is 12.8. The van der Waals surface area contributed by atoms with Crippen LogP contribution in [0.3, 0.4) is 0 Å². The summed E-state index contributed by atoms with van der Waals surface area (Å²) in [6, 6.07) is 17.9. The molecule has 0 amide bonds. The number of methoxy groups -OCH3 is 2. The minimum Gasteiger partial charge on any atom is -0.504 e. The minimum atomic E-state index is -1.65. The van der Waals surface area contributed by atoms with Crippen LogP contribution in [0.25, 0.3) is 0 Å². The molecular weight excluding hydrogens is 409 g/mol. The number of aliphatic hydroxyl groups is 1. The van der Waals surface area contributed by atoms with Gasteiger partial charge in [0.1, 0.15) is 17.1 Å². The maximum Gasteiger partial charge on any atom is 0.165 e. The van der Waals surface area contributed by atoms with Crippen LogP contribution in [-0.4, -0.2) is 36.7 Å². The van der Waals surface area contributed by atoms with E-state index in [0.29, 0.717) is 22.6 Å². The summed E-state index contributed by atoms with van der Waals surface area (Å²) in [4.78, 5) is 4.66. The van der Waals surface area contributed by atoms with Crippen molar-refractivity contribution < 1.29 is 24.1 Å². The molecule has 3 rings (SSSR count). The van der Waals surface area contributed by atoms with Crippen molar-refractivity contribution in [2.24, 2.45) is 10.9 Å². The lowest BCUT2D eigenvalue weighted by molar-refractivity contribution is 0.0321. The van der Waals surface area contributed by atoms with E-state index in [-0.39, 0.29) is 11.5 Å². The SMILES string of the molecule is COc1ccccc1C(O)(c1ccccc1OC)C(N=Cc1cccc(F)c1O)C(C)C. The van der Waals surface area contributed by atoms with Gasteiger partial charge in [-0.05, 0) is 30.2 Å². The molecule has 0 spiro atoms. The molecule has 3 aromatic rings. The van der Waals surface area contributed by atoms with E-state index in [1.54, 1.807) is 44.6 Å². The average molecular weight is 438 g/mol. The number of phenolic OH excluding ortho intramolecular Hbond substituents is 1. The van der Waals surface area contributed by atoms with Gasteiger partial charge in [-0.15, -0.1) is 0 Å². The first-order chi connectivity index (χ1) is 15.3. The molecule has 0 saturated carbocycles. The second kappa shape index (κ2) is 9.83. The monoisotopic (exact) mass is 437 g/mol. The third-order valence-corrected chi connectivity index (χ3v) is 5.49. The molecule has 168 valence electrons. The van der Waals surface area contributed by atoms with E-state index in [2.05, 4.69) is 4.99 Å². The summed E-state index contributed by atoms with van der Waals surface area (Å²) in [6.45, 7) is 3.87. The first kappa shape index (κ1) is 23.3. The van der Waals surface area contributed by atoms with Crippen LogP contribution in [-0.2, 0) is 5.60 Å². The van der Waals surface area contributed by atoms with E-state index in [9.17, 15) is 14.6 Å². The Kier molecular flexibility index (Phi) is 7.15. The predicted molar refractivity (Wildman–Crippen MR) is 123 cm³/mol. The Labute approximate surface area is 187 Å². The van der Waals surface area contributed by atoms with Crippen LogP contribution in [0.2, 0.25) is 0 Å². The van der Waals surface area contributed by atoms with Gasteiger partial charge in [-0.3, -0.25) is 4.99 Å². The number of aliphatic imine (C=N–C) groups is 1. The van der Waals surface area contributed by atoms with Crippen LogP contribution in [0, 0.1) is 11.7 Å². The fourth-order valence-corrected chi connectivity index (χ4v) is 3.94. The molecule has 0 fully saturated rings. The summed E-state index contributed by atoms with van der Waals surface area (Å²) in [7, 11) is 3.08. The molecule has 0 aliphatic heterocycles. The molecule has 32 heavy (non-hydrogen) atoms. The number of ether oxygens (including phenoxy) is 2. The molecule has 0 heterocycles. The van der Waals surface area contributed by atoms with Crippen molar-refractivity contribution in [3.63, 3.8) is 0 Å². The average Bonchev–Trinajstić information content (AvgIpc) is 2.81. The Hall–Kier alpha value is -3.38. The predicted octanol–water partition coefficient (Wildman–Crippen LogP) is 4.93. The van der Waals surface area contributed by atoms with Gasteiger partial charge in [0.05, 0.1) is 20.3 Å². The first-order valence-electron chi connectivity index (χ1n) is 10.3. The van der Waals surface area contributed by atoms with E-state index >= 15 is 0 Å². The number of aromatic hydroxyl groups is 1. The van der Waals surface area contributed by atoms with Gasteiger partial charge in [0.2, 0.25) is 0 Å². The van der Waals surface area contributed by atoms with Gasteiger partial charge in [-0.2, -0.15) is 0 Å². The smallest absolute Gasteiger partial charge is 0.165 e. The van der Waals surface area contributed by atoms with Crippen molar-refractivity contribution in [2.75, 3.05) is 14.2 Å². The molecule has 1 unspecified atom stereocenters. The zero-order valence-corrected chi connectivity index (χ0v) is 18.6. The second-order valence-corrected chi connectivity index (χ2v) is 7.81. The zero-order chi connectivity index (χ0) is 23.3. The molecule has 6 heteroatoms. The van der Waals surface area contributed by atoms with Crippen molar-refractivity contribution in [1.82, 2.24) is 0 Å². The molecule has 0 aliphatic carbocycles. The summed E-state index contributed by atoms with van der Waals surface area (Å²) >= 11 is 0. The van der Waals surface area contributed by atoms with Crippen molar-refractivity contribution in [1.29, 1.82) is 0 Å². The van der Waals surface area contributed by atoms with E-state index in [1.807, 2.05) is 38.1 Å². The minimum absolute atomic E-state index is 0.151. The van der Waals surface area contributed by atoms with Gasteiger partial charge in [-0.25, -0.2) is 4.39 Å². The number of hydrogen-bond donors (Lipinski definition) is 2. The molecule has 1 atom stereocenters. The standard InChI is InChI=1S/C26H28FNO4/c1-17(2)25(28-16-18-10-9-13-21(27)24(18)29)26(30,19-11-5-7-14-22(19)31-3)20-12-6-8-15-23(20)32-4/h5-17,25,29-30H,1-4H3. The van der Waals surface area contributed by atoms with Crippen molar-refractivity contribution in [3.05, 3.63) is 89.2 Å². The summed E-state index contributed by atoms with van der Waals surface area (Å²) in [5.41, 5.74) is -0.386. The third-order valence-electron chi connectivity index (χ3n) is 5.49. The number of para-hydroxylation sites is 3. The lowest BCUT2D eigenvalue weighted by Crippen LogP contribution is -2.43. The van der Waals surface area contributed by atoms with Gasteiger partial charge in [0, 0.05) is 22.9 Å². The largest absolute Gasteiger partial charge is 0.504 e. The summed E-state index contributed by atoms with van der Waals surface area (Å²) in [5.74, 6) is -0.385. The fourth-order valence-electron chi connectivity index (χ4n) is 3.94. The Morgan fingerprint density at radius 3 is 1.91 bits per heavy atom. The number of phenols is 1. The summed E-state index contributed by atoms with van der Waals surface area (Å²) in [5, 5.41) is 22.5. The van der Waals surface area contributed by atoms with Gasteiger partial charge < -0.3 is 19.7 Å². The fraction of sp³-hybridized carbons (Fsp3) is 0.269. The lowest BCUT2D eigenvalue weighted by atomic mass is 9.75. The highest BCUT2D eigenvalue weighted by atomic mass is 19.1. The van der Waals surface area contributed by atoms with Crippen LogP contribution in [0.5, 0.6) is 17.2 Å². The van der Waals surface area contributed by atoms with E-state index in [0.717, 1.165) is 0 Å². The summed E-state index contributed by atoms with van der Waals surface area (Å²) < 4.78 is 25.0. The van der Waals surface area contributed by atoms with E-state index < -0.39 is 23.2 Å². The molecule has 0 bridgehead atoms. The Bertz CT molecular complexity index is 1050. The molecule has 5 nitrogen and oxygen atoms in total. The van der Waals surface area contributed by atoms with Crippen LogP contribution in [0.4, 0.5) is 4.39 Å². The third kappa shape index (κ3) is 4.32. The van der Waals surface area contributed by atoms with Gasteiger partial charge in [-0.1, -0.05) is 56.3 Å².